The SMILES string of the molecule is CC(NC(=O)C(NC(=O)c1ccc(Cl)cc1)C(C)C)c1cccc(OCc2ccccn2)c1. The molecule has 0 spiro atoms. The zero-order valence-corrected chi connectivity index (χ0v) is 19.7. The van der Waals surface area contributed by atoms with Gasteiger partial charge in [0.1, 0.15) is 18.4 Å². The third kappa shape index (κ3) is 7.05. The van der Waals surface area contributed by atoms with Gasteiger partial charge in [0.05, 0.1) is 11.7 Å². The number of pyridine rings is 1. The van der Waals surface area contributed by atoms with Gasteiger partial charge in [-0.1, -0.05) is 43.6 Å². The van der Waals surface area contributed by atoms with Gasteiger partial charge < -0.3 is 15.4 Å². The van der Waals surface area contributed by atoms with E-state index >= 15 is 0 Å². The molecule has 0 aliphatic carbocycles. The Morgan fingerprint density at radius 1 is 0.970 bits per heavy atom. The monoisotopic (exact) mass is 465 g/mol. The van der Waals surface area contributed by atoms with E-state index in [-0.39, 0.29) is 23.8 Å². The summed E-state index contributed by atoms with van der Waals surface area (Å²) in [6, 6.07) is 18.8. The number of amides is 2. The molecule has 172 valence electrons. The van der Waals surface area contributed by atoms with Gasteiger partial charge in [-0.3, -0.25) is 14.6 Å². The number of rotatable bonds is 9. The van der Waals surface area contributed by atoms with Crippen LogP contribution in [0.1, 0.15) is 48.4 Å². The van der Waals surface area contributed by atoms with Crippen LogP contribution < -0.4 is 15.4 Å². The molecule has 1 aromatic heterocycles. The third-order valence-corrected chi connectivity index (χ3v) is 5.42. The van der Waals surface area contributed by atoms with Crippen LogP contribution in [0, 0.1) is 5.92 Å². The first-order chi connectivity index (χ1) is 15.8. The molecule has 0 saturated carbocycles. The Labute approximate surface area is 199 Å². The summed E-state index contributed by atoms with van der Waals surface area (Å²) in [6.45, 7) is 6.04. The van der Waals surface area contributed by atoms with Gasteiger partial charge in [0.2, 0.25) is 5.91 Å². The number of benzene rings is 2. The van der Waals surface area contributed by atoms with Gasteiger partial charge in [0.15, 0.2) is 0 Å². The Kier molecular flexibility index (Phi) is 8.44. The molecule has 33 heavy (non-hydrogen) atoms. The fourth-order valence-electron chi connectivity index (χ4n) is 3.26. The first-order valence-electron chi connectivity index (χ1n) is 10.8. The first-order valence-corrected chi connectivity index (χ1v) is 11.2. The van der Waals surface area contributed by atoms with Crippen molar-refractivity contribution in [3.05, 3.63) is 94.8 Å². The molecule has 0 fully saturated rings. The van der Waals surface area contributed by atoms with Gasteiger partial charge in [0.25, 0.3) is 5.91 Å². The van der Waals surface area contributed by atoms with Crippen LogP contribution in [0.4, 0.5) is 0 Å². The minimum atomic E-state index is -0.681. The van der Waals surface area contributed by atoms with E-state index in [2.05, 4.69) is 15.6 Å². The highest BCUT2D eigenvalue weighted by Gasteiger charge is 2.26. The molecule has 2 unspecified atom stereocenters. The molecule has 3 aromatic rings. The van der Waals surface area contributed by atoms with Gasteiger partial charge in [-0.05, 0) is 66.9 Å². The first kappa shape index (κ1) is 24.3. The second-order valence-corrected chi connectivity index (χ2v) is 8.55. The standard InChI is InChI=1S/C26H28ClN3O3/c1-17(2)24(30-25(31)19-10-12-21(27)13-11-19)26(32)29-18(3)20-7-6-9-23(15-20)33-16-22-8-4-5-14-28-22/h4-15,17-18,24H,16H2,1-3H3,(H,29,32)(H,30,31). The molecule has 2 amide bonds. The lowest BCUT2D eigenvalue weighted by molar-refractivity contribution is -0.124. The van der Waals surface area contributed by atoms with Crippen LogP contribution in [0.25, 0.3) is 0 Å². The third-order valence-electron chi connectivity index (χ3n) is 5.17. The topological polar surface area (TPSA) is 80.3 Å². The number of nitrogens with one attached hydrogen (secondary N) is 2. The maximum absolute atomic E-state index is 13.0. The highest BCUT2D eigenvalue weighted by Crippen LogP contribution is 2.20. The average Bonchev–Trinajstić information content (AvgIpc) is 2.82. The number of aromatic nitrogens is 1. The van der Waals surface area contributed by atoms with Crippen molar-refractivity contribution < 1.29 is 14.3 Å². The summed E-state index contributed by atoms with van der Waals surface area (Å²) < 4.78 is 5.84. The summed E-state index contributed by atoms with van der Waals surface area (Å²) in [4.78, 5) is 29.9. The highest BCUT2D eigenvalue weighted by molar-refractivity contribution is 6.30. The minimum absolute atomic E-state index is 0.0958. The summed E-state index contributed by atoms with van der Waals surface area (Å²) in [6.07, 6.45) is 1.73. The van der Waals surface area contributed by atoms with Gasteiger partial charge in [-0.25, -0.2) is 0 Å². The lowest BCUT2D eigenvalue weighted by Gasteiger charge is -2.24. The number of carbonyl (C=O) groups is 2. The molecule has 1 heterocycles. The quantitative estimate of drug-likeness (QED) is 0.468. The predicted octanol–water partition coefficient (Wildman–Crippen LogP) is 4.95. The van der Waals surface area contributed by atoms with Crippen molar-refractivity contribution in [2.45, 2.75) is 39.5 Å². The van der Waals surface area contributed by atoms with E-state index in [4.69, 9.17) is 16.3 Å². The molecule has 0 radical (unpaired) electrons. The Balaban J connectivity index is 1.62. The Morgan fingerprint density at radius 2 is 1.73 bits per heavy atom. The molecule has 2 atom stereocenters. The molecular weight excluding hydrogens is 438 g/mol. The summed E-state index contributed by atoms with van der Waals surface area (Å²) in [5.74, 6) is 0.0231. The number of hydrogen-bond acceptors (Lipinski definition) is 4. The largest absolute Gasteiger partial charge is 0.487 e. The fraction of sp³-hybridized carbons (Fsp3) is 0.269. The molecule has 7 heteroatoms. The summed E-state index contributed by atoms with van der Waals surface area (Å²) in [5, 5.41) is 6.38. The second kappa shape index (κ2) is 11.5. The molecule has 2 N–H and O–H groups in total. The molecule has 2 aromatic carbocycles. The average molecular weight is 466 g/mol. The lowest BCUT2D eigenvalue weighted by Crippen LogP contribution is -2.50. The predicted molar refractivity (Wildman–Crippen MR) is 129 cm³/mol. The van der Waals surface area contributed by atoms with Crippen LogP contribution in [0.5, 0.6) is 5.75 Å². The van der Waals surface area contributed by atoms with Crippen LogP contribution in [-0.4, -0.2) is 22.8 Å². The van der Waals surface area contributed by atoms with Gasteiger partial charge in [-0.15, -0.1) is 0 Å². The van der Waals surface area contributed by atoms with Crippen molar-refractivity contribution in [1.82, 2.24) is 15.6 Å². The highest BCUT2D eigenvalue weighted by atomic mass is 35.5. The number of ether oxygens (including phenoxy) is 1. The Hall–Kier alpha value is -3.38. The van der Waals surface area contributed by atoms with E-state index in [1.807, 2.05) is 63.2 Å². The van der Waals surface area contributed by atoms with Crippen molar-refractivity contribution in [3.8, 4) is 5.75 Å². The number of hydrogen-bond donors (Lipinski definition) is 2. The molecule has 0 aliphatic heterocycles. The molecule has 3 rings (SSSR count). The van der Waals surface area contributed by atoms with Crippen molar-refractivity contribution >= 4 is 23.4 Å². The fourth-order valence-corrected chi connectivity index (χ4v) is 3.39. The van der Waals surface area contributed by atoms with Crippen LogP contribution in [0.3, 0.4) is 0 Å². The normalized spacial score (nSPS) is 12.6. The van der Waals surface area contributed by atoms with Crippen molar-refractivity contribution in [3.63, 3.8) is 0 Å². The minimum Gasteiger partial charge on any atom is -0.487 e. The number of nitrogens with zero attached hydrogens (tertiary/aromatic N) is 1. The van der Waals surface area contributed by atoms with Crippen molar-refractivity contribution in [1.29, 1.82) is 0 Å². The van der Waals surface area contributed by atoms with E-state index in [1.165, 1.54) is 0 Å². The van der Waals surface area contributed by atoms with E-state index in [0.717, 1.165) is 11.3 Å². The van der Waals surface area contributed by atoms with Crippen molar-refractivity contribution in [2.24, 2.45) is 5.92 Å². The second-order valence-electron chi connectivity index (χ2n) is 8.11. The molecule has 0 aliphatic rings. The molecule has 0 bridgehead atoms. The van der Waals surface area contributed by atoms with E-state index < -0.39 is 6.04 Å². The lowest BCUT2D eigenvalue weighted by atomic mass is 10.0. The summed E-state index contributed by atoms with van der Waals surface area (Å²) in [7, 11) is 0. The van der Waals surface area contributed by atoms with E-state index in [9.17, 15) is 9.59 Å². The maximum Gasteiger partial charge on any atom is 0.251 e. The molecule has 0 saturated heterocycles. The van der Waals surface area contributed by atoms with E-state index in [1.54, 1.807) is 30.5 Å². The van der Waals surface area contributed by atoms with Crippen molar-refractivity contribution in [2.75, 3.05) is 0 Å². The van der Waals surface area contributed by atoms with Crippen LogP contribution in [-0.2, 0) is 11.4 Å². The van der Waals surface area contributed by atoms with Crippen LogP contribution >= 0.6 is 11.6 Å². The number of halogens is 1. The Morgan fingerprint density at radius 3 is 2.39 bits per heavy atom. The maximum atomic E-state index is 13.0. The zero-order chi connectivity index (χ0) is 23.8. The van der Waals surface area contributed by atoms with Crippen LogP contribution in [0.2, 0.25) is 5.02 Å². The summed E-state index contributed by atoms with van der Waals surface area (Å²) >= 11 is 5.89. The van der Waals surface area contributed by atoms with E-state index in [0.29, 0.717) is 22.9 Å². The van der Waals surface area contributed by atoms with Gasteiger partial charge in [-0.2, -0.15) is 0 Å². The van der Waals surface area contributed by atoms with Crippen LogP contribution in [0.15, 0.2) is 72.9 Å². The molecular formula is C26H28ClN3O3. The van der Waals surface area contributed by atoms with Gasteiger partial charge >= 0.3 is 0 Å². The Bertz CT molecular complexity index is 1070. The smallest absolute Gasteiger partial charge is 0.251 e. The number of carbonyl (C=O) groups excluding carboxylic acids is 2. The zero-order valence-electron chi connectivity index (χ0n) is 18.9. The van der Waals surface area contributed by atoms with Gasteiger partial charge in [0, 0.05) is 16.8 Å². The summed E-state index contributed by atoms with van der Waals surface area (Å²) in [5.41, 5.74) is 2.18. The molecule has 6 nitrogen and oxygen atoms in total.